The van der Waals surface area contributed by atoms with E-state index in [-0.39, 0.29) is 5.56 Å². The first kappa shape index (κ1) is 13.9. The Balaban J connectivity index is 2.19. The summed E-state index contributed by atoms with van der Waals surface area (Å²) in [6.45, 7) is -0.811. The van der Waals surface area contributed by atoms with E-state index in [1.54, 1.807) is 0 Å². The molecule has 1 aliphatic rings. The fraction of sp³-hybridized carbons (Fsp3) is 0.364. The highest BCUT2D eigenvalue weighted by Crippen LogP contribution is 2.23. The van der Waals surface area contributed by atoms with E-state index in [1.165, 1.54) is 6.07 Å². The number of halogens is 3. The second-order valence-electron chi connectivity index (χ2n) is 4.28. The molecule has 1 aromatic carbocycles. The Morgan fingerprint density at radius 1 is 1.26 bits per heavy atom. The van der Waals surface area contributed by atoms with Crippen molar-refractivity contribution in [1.29, 1.82) is 0 Å². The Labute approximate surface area is 108 Å². The maximum absolute atomic E-state index is 13.4. The smallest absolute Gasteiger partial charge is 0.307 e. The molecule has 1 aromatic rings. The summed E-state index contributed by atoms with van der Waals surface area (Å²) in [6, 6.07) is 3.24. The summed E-state index contributed by atoms with van der Waals surface area (Å²) in [5.41, 5.74) is -0.340. The van der Waals surface area contributed by atoms with Crippen molar-refractivity contribution in [1.82, 2.24) is 4.90 Å². The van der Waals surface area contributed by atoms with Crippen LogP contribution < -0.4 is 0 Å². The minimum Gasteiger partial charge on any atom is -0.337 e. The van der Waals surface area contributed by atoms with E-state index < -0.39 is 52.5 Å². The van der Waals surface area contributed by atoms with Crippen LogP contribution in [0.2, 0.25) is 0 Å². The van der Waals surface area contributed by atoms with Gasteiger partial charge in [0.05, 0.1) is 6.54 Å². The molecule has 1 heterocycles. The van der Waals surface area contributed by atoms with Crippen LogP contribution in [0.15, 0.2) is 18.2 Å². The summed E-state index contributed by atoms with van der Waals surface area (Å²) >= 11 is 0. The molecular weight excluding hydrogens is 283 g/mol. The molecule has 1 atom stereocenters. The van der Waals surface area contributed by atoms with Crippen molar-refractivity contribution in [2.45, 2.75) is 18.2 Å². The summed E-state index contributed by atoms with van der Waals surface area (Å²) in [5.74, 6) is -2.31. The molecule has 0 saturated carbocycles. The molecule has 0 N–H and O–H groups in total. The fourth-order valence-electron chi connectivity index (χ4n) is 1.95. The Morgan fingerprint density at radius 3 is 2.32 bits per heavy atom. The van der Waals surface area contributed by atoms with E-state index in [2.05, 4.69) is 0 Å². The van der Waals surface area contributed by atoms with Crippen LogP contribution in [-0.4, -0.2) is 31.0 Å². The Hall–Kier alpha value is -1.57. The van der Waals surface area contributed by atoms with Crippen LogP contribution in [0.4, 0.5) is 12.7 Å². The highest BCUT2D eigenvalue weighted by molar-refractivity contribution is 7.87. The molecule has 1 fully saturated rings. The zero-order chi connectivity index (χ0) is 14.2. The van der Waals surface area contributed by atoms with E-state index in [0.717, 1.165) is 17.0 Å². The molecule has 1 unspecified atom stereocenters. The lowest BCUT2D eigenvalue weighted by molar-refractivity contribution is -0.128. The number of rotatable bonds is 3. The zero-order valence-electron chi connectivity index (χ0n) is 9.64. The third kappa shape index (κ3) is 2.89. The molecule has 0 aromatic heterocycles. The SMILES string of the molecule is O=C1CC(S(=O)(=O)F)CN1Cc1c(F)cccc1F. The van der Waals surface area contributed by atoms with Gasteiger partial charge in [0.15, 0.2) is 0 Å². The molecule has 1 amide bonds. The first-order chi connectivity index (χ1) is 8.79. The lowest BCUT2D eigenvalue weighted by Crippen LogP contribution is -2.27. The van der Waals surface area contributed by atoms with Gasteiger partial charge < -0.3 is 4.90 Å². The van der Waals surface area contributed by atoms with Crippen molar-refractivity contribution >= 4 is 16.1 Å². The van der Waals surface area contributed by atoms with E-state index in [1.807, 2.05) is 0 Å². The summed E-state index contributed by atoms with van der Waals surface area (Å²) in [7, 11) is -4.83. The van der Waals surface area contributed by atoms with Crippen LogP contribution in [-0.2, 0) is 21.6 Å². The zero-order valence-corrected chi connectivity index (χ0v) is 10.5. The monoisotopic (exact) mass is 293 g/mol. The van der Waals surface area contributed by atoms with E-state index in [0.29, 0.717) is 0 Å². The number of likely N-dealkylation sites (tertiary alicyclic amines) is 1. The maximum Gasteiger partial charge on any atom is 0.307 e. The topological polar surface area (TPSA) is 54.5 Å². The lowest BCUT2D eigenvalue weighted by atomic mass is 10.2. The second-order valence-corrected chi connectivity index (χ2v) is 5.89. The van der Waals surface area contributed by atoms with Gasteiger partial charge in [-0.1, -0.05) is 6.07 Å². The molecular formula is C11H10F3NO3S. The Kier molecular flexibility index (Phi) is 3.53. The van der Waals surface area contributed by atoms with Crippen LogP contribution >= 0.6 is 0 Å². The normalized spacial score (nSPS) is 20.1. The minimum atomic E-state index is -4.83. The van der Waals surface area contributed by atoms with Crippen molar-refractivity contribution in [3.05, 3.63) is 35.4 Å². The van der Waals surface area contributed by atoms with Crippen LogP contribution in [0.5, 0.6) is 0 Å². The van der Waals surface area contributed by atoms with E-state index in [4.69, 9.17) is 0 Å². The predicted octanol–water partition coefficient (Wildman–Crippen LogP) is 1.37. The van der Waals surface area contributed by atoms with E-state index in [9.17, 15) is 25.9 Å². The van der Waals surface area contributed by atoms with Gasteiger partial charge in [0.25, 0.3) is 0 Å². The third-order valence-electron chi connectivity index (χ3n) is 2.99. The molecule has 0 radical (unpaired) electrons. The average Bonchev–Trinajstić information content (AvgIpc) is 2.65. The number of hydrogen-bond acceptors (Lipinski definition) is 3. The number of carbonyl (C=O) groups is 1. The molecule has 0 aliphatic carbocycles. The average molecular weight is 293 g/mol. The van der Waals surface area contributed by atoms with Crippen molar-refractivity contribution in [2.24, 2.45) is 0 Å². The molecule has 8 heteroatoms. The largest absolute Gasteiger partial charge is 0.337 e. The number of nitrogens with zero attached hydrogens (tertiary/aromatic N) is 1. The Bertz CT molecular complexity index is 597. The number of carbonyl (C=O) groups excluding carboxylic acids is 1. The first-order valence-electron chi connectivity index (χ1n) is 5.43. The third-order valence-corrected chi connectivity index (χ3v) is 4.10. The van der Waals surface area contributed by atoms with Gasteiger partial charge in [-0.2, -0.15) is 8.42 Å². The van der Waals surface area contributed by atoms with Crippen LogP contribution in [0, 0.1) is 11.6 Å². The molecule has 19 heavy (non-hydrogen) atoms. The van der Waals surface area contributed by atoms with Gasteiger partial charge in [-0.15, -0.1) is 3.89 Å². The number of amides is 1. The summed E-state index contributed by atoms with van der Waals surface area (Å²) in [6.07, 6.45) is -0.505. The van der Waals surface area contributed by atoms with Crippen molar-refractivity contribution < 1.29 is 25.9 Å². The highest BCUT2D eigenvalue weighted by atomic mass is 32.3. The van der Waals surface area contributed by atoms with Crippen LogP contribution in [0.25, 0.3) is 0 Å². The van der Waals surface area contributed by atoms with Crippen molar-refractivity contribution in [2.75, 3.05) is 6.54 Å². The second kappa shape index (κ2) is 4.84. The minimum absolute atomic E-state index is 0.340. The summed E-state index contributed by atoms with van der Waals surface area (Å²) in [4.78, 5) is 12.4. The molecule has 0 bridgehead atoms. The first-order valence-corrected chi connectivity index (χ1v) is 6.88. The quantitative estimate of drug-likeness (QED) is 0.791. The van der Waals surface area contributed by atoms with Crippen LogP contribution in [0.3, 0.4) is 0 Å². The predicted molar refractivity (Wildman–Crippen MR) is 60.2 cm³/mol. The van der Waals surface area contributed by atoms with Gasteiger partial charge in [0.2, 0.25) is 5.91 Å². The van der Waals surface area contributed by atoms with Gasteiger partial charge in [-0.25, -0.2) is 8.78 Å². The van der Waals surface area contributed by atoms with Crippen molar-refractivity contribution in [3.8, 4) is 0 Å². The summed E-state index contributed by atoms with van der Waals surface area (Å²) in [5, 5.41) is -1.46. The van der Waals surface area contributed by atoms with Gasteiger partial charge in [-0.05, 0) is 12.1 Å². The van der Waals surface area contributed by atoms with Gasteiger partial charge in [-0.3, -0.25) is 4.79 Å². The standard InChI is InChI=1S/C11H10F3NO3S/c12-9-2-1-3-10(13)8(9)6-15-5-7(4-11(15)16)19(14,17)18/h1-3,7H,4-6H2. The molecule has 104 valence electrons. The van der Waals surface area contributed by atoms with Crippen molar-refractivity contribution in [3.63, 3.8) is 0 Å². The molecule has 2 rings (SSSR count). The Morgan fingerprint density at radius 2 is 1.84 bits per heavy atom. The highest BCUT2D eigenvalue weighted by Gasteiger charge is 2.38. The molecule has 4 nitrogen and oxygen atoms in total. The van der Waals surface area contributed by atoms with Gasteiger partial charge >= 0.3 is 10.2 Å². The lowest BCUT2D eigenvalue weighted by Gasteiger charge is -2.16. The van der Waals surface area contributed by atoms with E-state index >= 15 is 0 Å². The summed E-state index contributed by atoms with van der Waals surface area (Å²) < 4.78 is 61.0. The number of benzene rings is 1. The molecule has 1 saturated heterocycles. The fourth-order valence-corrected chi connectivity index (χ4v) is 2.65. The maximum atomic E-state index is 13.4. The van der Waals surface area contributed by atoms with Gasteiger partial charge in [0, 0.05) is 18.5 Å². The number of hydrogen-bond donors (Lipinski definition) is 0. The van der Waals surface area contributed by atoms with Crippen LogP contribution in [0.1, 0.15) is 12.0 Å². The molecule has 1 aliphatic heterocycles. The van der Waals surface area contributed by atoms with Gasteiger partial charge in [0.1, 0.15) is 16.9 Å². The molecule has 0 spiro atoms.